The molecule has 0 aromatic carbocycles. The van der Waals surface area contributed by atoms with E-state index in [1.165, 1.54) is 141 Å². The van der Waals surface area contributed by atoms with Gasteiger partial charge in [0, 0.05) is 19.5 Å². The number of carbonyl (C=O) groups is 1. The van der Waals surface area contributed by atoms with Crippen molar-refractivity contribution in [2.75, 3.05) is 33.7 Å². The summed E-state index contributed by atoms with van der Waals surface area (Å²) in [6.07, 6.45) is 50.7. The predicted molar refractivity (Wildman–Crippen MR) is 206 cm³/mol. The highest BCUT2D eigenvalue weighted by atomic mass is 16.2. The van der Waals surface area contributed by atoms with Crippen molar-refractivity contribution < 1.29 is 4.79 Å². The molecule has 0 radical (unpaired) electrons. The van der Waals surface area contributed by atoms with E-state index >= 15 is 0 Å². The van der Waals surface area contributed by atoms with Crippen LogP contribution in [0.1, 0.15) is 181 Å². The second kappa shape index (κ2) is 37.8. The second-order valence-electron chi connectivity index (χ2n) is 13.6. The van der Waals surface area contributed by atoms with E-state index in [-0.39, 0.29) is 5.91 Å². The molecular formula is C42H79N3O. The van der Waals surface area contributed by atoms with Gasteiger partial charge in [-0.05, 0) is 104 Å². The SMILES string of the molecule is CCCCC/C=C/C/C=C/CCCCCCCCN(CCCCCCCC/C=C/C/C=C/CCCCC)NC(=O)CCCN(C)C. The summed E-state index contributed by atoms with van der Waals surface area (Å²) < 4.78 is 0. The Kier molecular flexibility index (Phi) is 36.4. The van der Waals surface area contributed by atoms with Gasteiger partial charge in [0.25, 0.3) is 0 Å². The molecule has 0 aliphatic carbocycles. The molecule has 0 saturated heterocycles. The molecule has 0 heterocycles. The van der Waals surface area contributed by atoms with Gasteiger partial charge in [0.1, 0.15) is 0 Å². The second-order valence-corrected chi connectivity index (χ2v) is 13.6. The number of hydrazine groups is 1. The van der Waals surface area contributed by atoms with Gasteiger partial charge in [-0.15, -0.1) is 0 Å². The molecule has 4 heteroatoms. The Balaban J connectivity index is 4.01. The summed E-state index contributed by atoms with van der Waals surface area (Å²) in [6, 6.07) is 0. The predicted octanol–water partition coefficient (Wildman–Crippen LogP) is 12.3. The monoisotopic (exact) mass is 642 g/mol. The fourth-order valence-electron chi connectivity index (χ4n) is 5.59. The van der Waals surface area contributed by atoms with Gasteiger partial charge in [0.2, 0.25) is 5.91 Å². The molecular weight excluding hydrogens is 562 g/mol. The maximum Gasteiger partial charge on any atom is 0.234 e. The highest BCUT2D eigenvalue weighted by molar-refractivity contribution is 5.75. The largest absolute Gasteiger partial charge is 0.309 e. The van der Waals surface area contributed by atoms with Crippen LogP contribution in [-0.2, 0) is 4.79 Å². The molecule has 0 bridgehead atoms. The van der Waals surface area contributed by atoms with E-state index in [2.05, 4.69) is 91.9 Å². The smallest absolute Gasteiger partial charge is 0.234 e. The Morgan fingerprint density at radius 1 is 0.457 bits per heavy atom. The quantitative estimate of drug-likeness (QED) is 0.0425. The molecule has 1 N–H and O–H groups in total. The van der Waals surface area contributed by atoms with Gasteiger partial charge in [0.05, 0.1) is 0 Å². The van der Waals surface area contributed by atoms with Crippen molar-refractivity contribution in [2.24, 2.45) is 0 Å². The van der Waals surface area contributed by atoms with Gasteiger partial charge in [-0.25, -0.2) is 5.01 Å². The van der Waals surface area contributed by atoms with E-state index in [0.29, 0.717) is 6.42 Å². The molecule has 0 saturated carbocycles. The maximum absolute atomic E-state index is 12.6. The standard InChI is InChI=1S/C42H79N3O/c1-5-7-9-11-13-15-17-19-21-23-25-27-29-31-33-35-40-45(43-42(46)38-37-39-44(3)4)41-36-34-32-30-28-26-24-22-20-18-16-14-12-10-8-6-2/h13-16,19-22H,5-12,17-18,23-41H2,1-4H3,(H,43,46)/b15-13+,16-14+,21-19+,22-20+. The van der Waals surface area contributed by atoms with E-state index in [1.54, 1.807) is 0 Å². The first-order valence-corrected chi connectivity index (χ1v) is 19.9. The van der Waals surface area contributed by atoms with Crippen LogP contribution >= 0.6 is 0 Å². The maximum atomic E-state index is 12.6. The number of amides is 1. The molecule has 0 spiro atoms. The Morgan fingerprint density at radius 2 is 0.826 bits per heavy atom. The Hall–Kier alpha value is -1.65. The summed E-state index contributed by atoms with van der Waals surface area (Å²) in [5.41, 5.74) is 3.25. The van der Waals surface area contributed by atoms with Gasteiger partial charge >= 0.3 is 0 Å². The number of hydrogen-bond acceptors (Lipinski definition) is 3. The molecule has 0 aliphatic heterocycles. The Bertz CT molecular complexity index is 691. The first-order chi connectivity index (χ1) is 22.6. The van der Waals surface area contributed by atoms with E-state index < -0.39 is 0 Å². The van der Waals surface area contributed by atoms with Crippen LogP contribution in [0.4, 0.5) is 0 Å². The first kappa shape index (κ1) is 44.4. The van der Waals surface area contributed by atoms with Crippen LogP contribution in [0.15, 0.2) is 48.6 Å². The number of hydrogen-bond donors (Lipinski definition) is 1. The molecule has 0 aromatic heterocycles. The molecule has 1 amide bonds. The first-order valence-electron chi connectivity index (χ1n) is 19.9. The van der Waals surface area contributed by atoms with Crippen molar-refractivity contribution in [2.45, 2.75) is 181 Å². The van der Waals surface area contributed by atoms with Crippen molar-refractivity contribution >= 4 is 5.91 Å². The normalized spacial score (nSPS) is 12.4. The minimum atomic E-state index is 0.182. The molecule has 46 heavy (non-hydrogen) atoms. The number of rotatable bonds is 35. The summed E-state index contributed by atoms with van der Waals surface area (Å²) in [5.74, 6) is 0.182. The summed E-state index contributed by atoms with van der Waals surface area (Å²) in [7, 11) is 4.14. The lowest BCUT2D eigenvalue weighted by Crippen LogP contribution is -2.43. The van der Waals surface area contributed by atoms with E-state index in [9.17, 15) is 4.79 Å². The third kappa shape index (κ3) is 36.8. The fraction of sp³-hybridized carbons (Fsp3) is 0.786. The van der Waals surface area contributed by atoms with Crippen molar-refractivity contribution in [1.29, 1.82) is 0 Å². The van der Waals surface area contributed by atoms with E-state index in [1.807, 2.05) is 0 Å². The summed E-state index contributed by atoms with van der Waals surface area (Å²) >= 11 is 0. The van der Waals surface area contributed by atoms with Gasteiger partial charge < -0.3 is 4.90 Å². The Morgan fingerprint density at radius 3 is 1.22 bits per heavy atom. The lowest BCUT2D eigenvalue weighted by molar-refractivity contribution is -0.126. The van der Waals surface area contributed by atoms with Gasteiger partial charge in [-0.3, -0.25) is 10.2 Å². The van der Waals surface area contributed by atoms with Crippen LogP contribution in [0, 0.1) is 0 Å². The highest BCUT2D eigenvalue weighted by Crippen LogP contribution is 2.11. The van der Waals surface area contributed by atoms with Crippen LogP contribution in [0.25, 0.3) is 0 Å². The van der Waals surface area contributed by atoms with Gasteiger partial charge in [-0.2, -0.15) is 0 Å². The number of carbonyl (C=O) groups excluding carboxylic acids is 1. The summed E-state index contributed by atoms with van der Waals surface area (Å²) in [6.45, 7) is 7.45. The molecule has 268 valence electrons. The van der Waals surface area contributed by atoms with Crippen molar-refractivity contribution in [1.82, 2.24) is 15.3 Å². The third-order valence-corrected chi connectivity index (χ3v) is 8.55. The minimum absolute atomic E-state index is 0.182. The molecule has 0 unspecified atom stereocenters. The molecule has 0 fully saturated rings. The fourth-order valence-corrected chi connectivity index (χ4v) is 5.59. The average molecular weight is 642 g/mol. The lowest BCUT2D eigenvalue weighted by Gasteiger charge is -2.23. The van der Waals surface area contributed by atoms with Crippen LogP contribution in [0.3, 0.4) is 0 Å². The number of allylic oxidation sites excluding steroid dienone is 8. The number of nitrogens with zero attached hydrogens (tertiary/aromatic N) is 2. The molecule has 4 nitrogen and oxygen atoms in total. The number of unbranched alkanes of at least 4 members (excludes halogenated alkanes) is 18. The van der Waals surface area contributed by atoms with Gasteiger partial charge in [0.15, 0.2) is 0 Å². The third-order valence-electron chi connectivity index (χ3n) is 8.55. The molecule has 0 atom stereocenters. The van der Waals surface area contributed by atoms with Gasteiger partial charge in [-0.1, -0.05) is 140 Å². The van der Waals surface area contributed by atoms with Crippen LogP contribution in [0.2, 0.25) is 0 Å². The average Bonchev–Trinajstić information content (AvgIpc) is 3.04. The highest BCUT2D eigenvalue weighted by Gasteiger charge is 2.09. The zero-order valence-corrected chi connectivity index (χ0v) is 31.4. The zero-order chi connectivity index (χ0) is 33.6. The molecule has 0 rings (SSSR count). The summed E-state index contributed by atoms with van der Waals surface area (Å²) in [4.78, 5) is 14.7. The van der Waals surface area contributed by atoms with E-state index in [0.717, 1.165) is 38.9 Å². The zero-order valence-electron chi connectivity index (χ0n) is 31.4. The van der Waals surface area contributed by atoms with E-state index in [4.69, 9.17) is 0 Å². The Labute approximate surface area is 288 Å². The van der Waals surface area contributed by atoms with Crippen molar-refractivity contribution in [3.63, 3.8) is 0 Å². The minimum Gasteiger partial charge on any atom is -0.309 e. The van der Waals surface area contributed by atoms with Crippen molar-refractivity contribution in [3.05, 3.63) is 48.6 Å². The van der Waals surface area contributed by atoms with Crippen LogP contribution < -0.4 is 5.43 Å². The topological polar surface area (TPSA) is 35.6 Å². The molecule has 0 aliphatic rings. The number of nitrogens with one attached hydrogen (secondary N) is 1. The van der Waals surface area contributed by atoms with Crippen molar-refractivity contribution in [3.8, 4) is 0 Å². The lowest BCUT2D eigenvalue weighted by atomic mass is 10.1. The van der Waals surface area contributed by atoms with Crippen LogP contribution in [-0.4, -0.2) is 49.5 Å². The molecule has 0 aromatic rings. The summed E-state index contributed by atoms with van der Waals surface area (Å²) in [5, 5.41) is 2.23. The van der Waals surface area contributed by atoms with Crippen LogP contribution in [0.5, 0.6) is 0 Å².